The maximum atomic E-state index is 5.52. The summed E-state index contributed by atoms with van der Waals surface area (Å²) in [4.78, 5) is 0. The molecule has 1 heterocycles. The Morgan fingerprint density at radius 3 is 2.50 bits per heavy atom. The van der Waals surface area contributed by atoms with Crippen LogP contribution in [0.25, 0.3) is 0 Å². The Morgan fingerprint density at radius 1 is 1.28 bits per heavy atom. The molecule has 1 aromatic rings. The first-order chi connectivity index (χ1) is 8.41. The highest BCUT2D eigenvalue weighted by Crippen LogP contribution is 2.36. The van der Waals surface area contributed by atoms with Gasteiger partial charge in [-0.15, -0.1) is 0 Å². The van der Waals surface area contributed by atoms with E-state index in [1.165, 1.54) is 17.5 Å². The smallest absolute Gasteiger partial charge is 0.123 e. The number of hydrogen-bond acceptors (Lipinski definition) is 2. The van der Waals surface area contributed by atoms with Gasteiger partial charge in [0.15, 0.2) is 0 Å². The Kier molecular flexibility index (Phi) is 3.67. The van der Waals surface area contributed by atoms with Crippen LogP contribution in [0.15, 0.2) is 18.2 Å². The van der Waals surface area contributed by atoms with Crippen LogP contribution in [0.5, 0.6) is 5.75 Å². The van der Waals surface area contributed by atoms with Crippen molar-refractivity contribution in [3.63, 3.8) is 0 Å². The third-order valence-corrected chi connectivity index (χ3v) is 3.82. The van der Waals surface area contributed by atoms with Gasteiger partial charge in [-0.2, -0.15) is 0 Å². The molecule has 100 valence electrons. The minimum Gasteiger partial charge on any atom is -0.496 e. The molecule has 1 aliphatic rings. The van der Waals surface area contributed by atoms with E-state index < -0.39 is 0 Å². The molecule has 1 saturated heterocycles. The maximum absolute atomic E-state index is 5.52. The third-order valence-electron chi connectivity index (χ3n) is 3.82. The summed E-state index contributed by atoms with van der Waals surface area (Å²) in [6, 6.07) is 7.05. The monoisotopic (exact) mass is 247 g/mol. The quantitative estimate of drug-likeness (QED) is 0.861. The molecule has 0 spiro atoms. The lowest BCUT2D eigenvalue weighted by Crippen LogP contribution is -2.17. The van der Waals surface area contributed by atoms with Crippen LogP contribution in [-0.4, -0.2) is 13.7 Å². The lowest BCUT2D eigenvalue weighted by Gasteiger charge is -2.23. The van der Waals surface area contributed by atoms with Gasteiger partial charge >= 0.3 is 0 Å². The van der Waals surface area contributed by atoms with E-state index in [-0.39, 0.29) is 5.41 Å². The van der Waals surface area contributed by atoms with Crippen LogP contribution in [0.1, 0.15) is 51.3 Å². The molecular weight excluding hydrogens is 222 g/mol. The number of rotatable bonds is 2. The van der Waals surface area contributed by atoms with Crippen molar-refractivity contribution in [2.75, 3.05) is 13.7 Å². The van der Waals surface area contributed by atoms with Crippen LogP contribution in [0.4, 0.5) is 0 Å². The van der Waals surface area contributed by atoms with Crippen molar-refractivity contribution < 1.29 is 4.74 Å². The predicted molar refractivity (Wildman–Crippen MR) is 76.2 cm³/mol. The highest BCUT2D eigenvalue weighted by atomic mass is 16.5. The standard InChI is InChI=1S/C16H25NO/c1-11-8-14(17-10-11)13-9-12(16(2,3)4)6-7-15(13)18-5/h6-7,9,11,14,17H,8,10H2,1-5H3/t11-,14-/m0/s1. The molecule has 1 fully saturated rings. The molecule has 2 nitrogen and oxygen atoms in total. The summed E-state index contributed by atoms with van der Waals surface area (Å²) in [6.45, 7) is 10.2. The number of benzene rings is 1. The Bertz CT molecular complexity index is 420. The zero-order chi connectivity index (χ0) is 13.3. The number of methoxy groups -OCH3 is 1. The van der Waals surface area contributed by atoms with Crippen molar-refractivity contribution in [1.29, 1.82) is 0 Å². The van der Waals surface area contributed by atoms with E-state index in [0.717, 1.165) is 18.2 Å². The summed E-state index contributed by atoms with van der Waals surface area (Å²) in [5.41, 5.74) is 2.87. The van der Waals surface area contributed by atoms with Crippen LogP contribution >= 0.6 is 0 Å². The molecule has 0 radical (unpaired) electrons. The molecule has 0 aromatic heterocycles. The molecule has 1 aromatic carbocycles. The van der Waals surface area contributed by atoms with Crippen LogP contribution in [0.2, 0.25) is 0 Å². The molecule has 1 aliphatic heterocycles. The lowest BCUT2D eigenvalue weighted by molar-refractivity contribution is 0.402. The first-order valence-electron chi connectivity index (χ1n) is 6.83. The molecule has 0 saturated carbocycles. The zero-order valence-corrected chi connectivity index (χ0v) is 12.2. The molecule has 0 unspecified atom stereocenters. The minimum atomic E-state index is 0.186. The SMILES string of the molecule is COc1ccc(C(C)(C)C)cc1[C@@H]1C[C@H](C)CN1. The van der Waals surface area contributed by atoms with E-state index in [0.29, 0.717) is 6.04 Å². The van der Waals surface area contributed by atoms with Gasteiger partial charge in [-0.1, -0.05) is 33.8 Å². The van der Waals surface area contributed by atoms with Gasteiger partial charge in [0.05, 0.1) is 7.11 Å². The summed E-state index contributed by atoms with van der Waals surface area (Å²) in [7, 11) is 1.76. The summed E-state index contributed by atoms with van der Waals surface area (Å²) in [5, 5.41) is 3.60. The Labute approximate surface area is 111 Å². The summed E-state index contributed by atoms with van der Waals surface area (Å²) < 4.78 is 5.52. The topological polar surface area (TPSA) is 21.3 Å². The first-order valence-corrected chi connectivity index (χ1v) is 6.83. The Hall–Kier alpha value is -1.02. The third kappa shape index (κ3) is 2.69. The van der Waals surface area contributed by atoms with Gasteiger partial charge in [0.2, 0.25) is 0 Å². The molecule has 0 amide bonds. The molecule has 18 heavy (non-hydrogen) atoms. The normalized spacial score (nSPS) is 24.3. The lowest BCUT2D eigenvalue weighted by atomic mass is 9.85. The van der Waals surface area contributed by atoms with E-state index in [1.807, 2.05) is 0 Å². The number of ether oxygens (including phenoxy) is 1. The second kappa shape index (κ2) is 4.93. The van der Waals surface area contributed by atoms with Crippen LogP contribution in [0.3, 0.4) is 0 Å². The van der Waals surface area contributed by atoms with Crippen LogP contribution in [0, 0.1) is 5.92 Å². The molecule has 0 aliphatic carbocycles. The highest BCUT2D eigenvalue weighted by molar-refractivity contribution is 5.42. The molecular formula is C16H25NO. The van der Waals surface area contributed by atoms with Gasteiger partial charge in [0.1, 0.15) is 5.75 Å². The largest absolute Gasteiger partial charge is 0.496 e. The first kappa shape index (κ1) is 13.4. The van der Waals surface area contributed by atoms with Crippen molar-refractivity contribution in [2.45, 2.75) is 45.6 Å². The van der Waals surface area contributed by atoms with Gasteiger partial charge in [0.25, 0.3) is 0 Å². The summed E-state index contributed by atoms with van der Waals surface area (Å²) in [5.74, 6) is 1.76. The van der Waals surface area contributed by atoms with Gasteiger partial charge in [0, 0.05) is 11.6 Å². The molecule has 2 heteroatoms. The van der Waals surface area contributed by atoms with Crippen molar-refractivity contribution in [2.24, 2.45) is 5.92 Å². The van der Waals surface area contributed by atoms with Gasteiger partial charge in [-0.25, -0.2) is 0 Å². The average Bonchev–Trinajstić information content (AvgIpc) is 2.73. The molecule has 1 N–H and O–H groups in total. The summed E-state index contributed by atoms with van der Waals surface area (Å²) in [6.07, 6.45) is 1.20. The number of hydrogen-bond donors (Lipinski definition) is 1. The summed E-state index contributed by atoms with van der Waals surface area (Å²) >= 11 is 0. The van der Waals surface area contributed by atoms with Gasteiger partial charge < -0.3 is 10.1 Å². The fourth-order valence-electron chi connectivity index (χ4n) is 2.62. The van der Waals surface area contributed by atoms with E-state index in [2.05, 4.69) is 51.2 Å². The fourth-order valence-corrected chi connectivity index (χ4v) is 2.62. The fraction of sp³-hybridized carbons (Fsp3) is 0.625. The van der Waals surface area contributed by atoms with Crippen molar-refractivity contribution in [3.8, 4) is 5.75 Å². The van der Waals surface area contributed by atoms with Crippen molar-refractivity contribution in [1.82, 2.24) is 5.32 Å². The maximum Gasteiger partial charge on any atom is 0.123 e. The molecule has 2 atom stereocenters. The van der Waals surface area contributed by atoms with E-state index >= 15 is 0 Å². The second-order valence-corrected chi connectivity index (χ2v) is 6.51. The zero-order valence-electron chi connectivity index (χ0n) is 12.2. The van der Waals surface area contributed by atoms with Crippen molar-refractivity contribution >= 4 is 0 Å². The predicted octanol–water partition coefficient (Wildman–Crippen LogP) is 3.66. The average molecular weight is 247 g/mol. The van der Waals surface area contributed by atoms with Crippen LogP contribution in [-0.2, 0) is 5.41 Å². The van der Waals surface area contributed by atoms with E-state index in [1.54, 1.807) is 7.11 Å². The Morgan fingerprint density at radius 2 is 2.00 bits per heavy atom. The Balaban J connectivity index is 2.37. The van der Waals surface area contributed by atoms with E-state index in [9.17, 15) is 0 Å². The number of nitrogens with one attached hydrogen (secondary N) is 1. The second-order valence-electron chi connectivity index (χ2n) is 6.51. The van der Waals surface area contributed by atoms with Crippen molar-refractivity contribution in [3.05, 3.63) is 29.3 Å². The minimum absolute atomic E-state index is 0.186. The molecule has 0 bridgehead atoms. The highest BCUT2D eigenvalue weighted by Gasteiger charge is 2.26. The van der Waals surface area contributed by atoms with E-state index in [4.69, 9.17) is 4.74 Å². The van der Waals surface area contributed by atoms with Gasteiger partial charge in [-0.05, 0) is 42.0 Å². The molecule has 2 rings (SSSR count). The van der Waals surface area contributed by atoms with Gasteiger partial charge in [-0.3, -0.25) is 0 Å². The van der Waals surface area contributed by atoms with Crippen LogP contribution < -0.4 is 10.1 Å².